The Morgan fingerprint density at radius 3 is 2.52 bits per heavy atom. The molecule has 0 unspecified atom stereocenters. The maximum atomic E-state index is 13.2. The van der Waals surface area contributed by atoms with E-state index in [1.807, 2.05) is 0 Å². The van der Waals surface area contributed by atoms with E-state index in [1.165, 1.54) is 12.3 Å². The number of nitrogens with one attached hydrogen (secondary N) is 2. The van der Waals surface area contributed by atoms with Crippen LogP contribution in [-0.4, -0.2) is 41.3 Å². The average Bonchev–Trinajstić information content (AvgIpc) is 2.71. The Hall–Kier alpha value is -2.58. The Labute approximate surface area is 172 Å². The lowest BCUT2D eigenvalue weighted by atomic mass is 9.96. The third-order valence-corrected chi connectivity index (χ3v) is 5.02. The molecule has 0 radical (unpaired) electrons. The fourth-order valence-electron chi connectivity index (χ4n) is 3.15. The molecule has 0 saturated carbocycles. The van der Waals surface area contributed by atoms with Crippen LogP contribution in [0.1, 0.15) is 19.3 Å². The maximum Gasteiger partial charge on any atom is 0.228 e. The highest BCUT2D eigenvalue weighted by Crippen LogP contribution is 2.20. The zero-order valence-corrected chi connectivity index (χ0v) is 16.4. The molecule has 1 saturated heterocycles. The van der Waals surface area contributed by atoms with Gasteiger partial charge in [-0.25, -0.2) is 13.8 Å². The lowest BCUT2D eigenvalue weighted by molar-refractivity contribution is -0.121. The minimum Gasteiger partial charge on any atom is -0.326 e. The highest BCUT2D eigenvalue weighted by molar-refractivity contribution is 6.30. The van der Waals surface area contributed by atoms with Gasteiger partial charge in [0.25, 0.3) is 0 Å². The minimum absolute atomic E-state index is 0.0736. The quantitative estimate of drug-likeness (QED) is 0.744. The third-order valence-electron chi connectivity index (χ3n) is 4.80. The van der Waals surface area contributed by atoms with Crippen LogP contribution in [-0.2, 0) is 9.59 Å². The van der Waals surface area contributed by atoms with Gasteiger partial charge in [0.2, 0.25) is 11.8 Å². The standard InChI is InChI=1S/C20H21ClF2N4O2/c21-14-1-4-18(24-12-14)26-20(29)13-5-8-27(9-6-13)10-7-19(28)25-15-2-3-16(22)17(23)11-15/h1-4,11-13H,5-10H2,(H,25,28)(H,24,26,29). The lowest BCUT2D eigenvalue weighted by Gasteiger charge is -2.31. The molecule has 2 amide bonds. The van der Waals surface area contributed by atoms with Gasteiger partial charge in [0.05, 0.1) is 5.02 Å². The molecule has 1 aromatic heterocycles. The van der Waals surface area contributed by atoms with Crippen LogP contribution in [0, 0.1) is 17.6 Å². The van der Waals surface area contributed by atoms with Crippen molar-refractivity contribution in [1.29, 1.82) is 0 Å². The van der Waals surface area contributed by atoms with Crippen molar-refractivity contribution in [2.24, 2.45) is 5.92 Å². The molecule has 0 bridgehead atoms. The predicted molar refractivity (Wildman–Crippen MR) is 107 cm³/mol. The molecule has 1 aliphatic rings. The first-order chi connectivity index (χ1) is 13.9. The number of pyridine rings is 1. The van der Waals surface area contributed by atoms with Gasteiger partial charge in [-0.2, -0.15) is 0 Å². The fourth-order valence-corrected chi connectivity index (χ4v) is 3.27. The summed E-state index contributed by atoms with van der Waals surface area (Å²) in [5.41, 5.74) is 0.222. The van der Waals surface area contributed by atoms with Crippen molar-refractivity contribution < 1.29 is 18.4 Å². The SMILES string of the molecule is O=C(CCN1CCC(C(=O)Nc2ccc(Cl)cn2)CC1)Nc1ccc(F)c(F)c1. The molecule has 3 rings (SSSR count). The number of likely N-dealkylation sites (tertiary alicyclic amines) is 1. The Morgan fingerprint density at radius 1 is 1.10 bits per heavy atom. The number of carbonyl (C=O) groups excluding carboxylic acids is 2. The number of hydrogen-bond acceptors (Lipinski definition) is 4. The molecule has 6 nitrogen and oxygen atoms in total. The zero-order chi connectivity index (χ0) is 20.8. The molecule has 29 heavy (non-hydrogen) atoms. The molecule has 2 heterocycles. The van der Waals surface area contributed by atoms with Gasteiger partial charge >= 0.3 is 0 Å². The number of piperidine rings is 1. The lowest BCUT2D eigenvalue weighted by Crippen LogP contribution is -2.39. The summed E-state index contributed by atoms with van der Waals surface area (Å²) in [6, 6.07) is 6.56. The van der Waals surface area contributed by atoms with Crippen molar-refractivity contribution in [2.75, 3.05) is 30.3 Å². The summed E-state index contributed by atoms with van der Waals surface area (Å²) in [5.74, 6) is -1.95. The van der Waals surface area contributed by atoms with Gasteiger partial charge in [-0.1, -0.05) is 11.6 Å². The van der Waals surface area contributed by atoms with Crippen LogP contribution in [0.5, 0.6) is 0 Å². The van der Waals surface area contributed by atoms with Gasteiger partial charge in [0.15, 0.2) is 11.6 Å². The first-order valence-electron chi connectivity index (χ1n) is 9.30. The second-order valence-corrected chi connectivity index (χ2v) is 7.33. The van der Waals surface area contributed by atoms with Crippen LogP contribution in [0.2, 0.25) is 5.02 Å². The van der Waals surface area contributed by atoms with E-state index >= 15 is 0 Å². The van der Waals surface area contributed by atoms with E-state index in [1.54, 1.807) is 12.1 Å². The third kappa shape index (κ3) is 6.20. The predicted octanol–water partition coefficient (Wildman–Crippen LogP) is 3.69. The Balaban J connectivity index is 1.39. The first-order valence-corrected chi connectivity index (χ1v) is 9.68. The Kier molecular flexibility index (Phi) is 7.11. The van der Waals surface area contributed by atoms with Gasteiger partial charge in [-0.15, -0.1) is 0 Å². The summed E-state index contributed by atoms with van der Waals surface area (Å²) < 4.78 is 26.1. The molecular formula is C20H21ClF2N4O2. The van der Waals surface area contributed by atoms with E-state index in [0.29, 0.717) is 43.3 Å². The average molecular weight is 423 g/mol. The molecule has 0 atom stereocenters. The number of rotatable bonds is 6. The molecule has 154 valence electrons. The molecule has 0 spiro atoms. The maximum absolute atomic E-state index is 13.2. The van der Waals surface area contributed by atoms with Crippen LogP contribution in [0.25, 0.3) is 0 Å². The smallest absolute Gasteiger partial charge is 0.228 e. The van der Waals surface area contributed by atoms with Crippen LogP contribution in [0.15, 0.2) is 36.5 Å². The molecule has 2 N–H and O–H groups in total. The van der Waals surface area contributed by atoms with E-state index in [4.69, 9.17) is 11.6 Å². The van der Waals surface area contributed by atoms with Crippen LogP contribution in [0.3, 0.4) is 0 Å². The molecule has 9 heteroatoms. The monoisotopic (exact) mass is 422 g/mol. The van der Waals surface area contributed by atoms with Crippen molar-refractivity contribution in [1.82, 2.24) is 9.88 Å². The molecule has 2 aromatic rings. The zero-order valence-electron chi connectivity index (χ0n) is 15.6. The summed E-state index contributed by atoms with van der Waals surface area (Å²) >= 11 is 5.78. The largest absolute Gasteiger partial charge is 0.326 e. The second-order valence-electron chi connectivity index (χ2n) is 6.89. The summed E-state index contributed by atoms with van der Waals surface area (Å²) in [5, 5.41) is 5.85. The van der Waals surface area contributed by atoms with Gasteiger partial charge < -0.3 is 15.5 Å². The van der Waals surface area contributed by atoms with E-state index in [2.05, 4.69) is 20.5 Å². The Bertz CT molecular complexity index is 871. The number of aromatic nitrogens is 1. The van der Waals surface area contributed by atoms with Gasteiger partial charge in [0.1, 0.15) is 5.82 Å². The fraction of sp³-hybridized carbons (Fsp3) is 0.350. The number of nitrogens with zero attached hydrogens (tertiary/aromatic N) is 2. The van der Waals surface area contributed by atoms with Gasteiger partial charge in [-0.05, 0) is 50.2 Å². The van der Waals surface area contributed by atoms with Crippen molar-refractivity contribution >= 4 is 34.9 Å². The highest BCUT2D eigenvalue weighted by Gasteiger charge is 2.25. The van der Waals surface area contributed by atoms with Crippen molar-refractivity contribution in [2.45, 2.75) is 19.3 Å². The Morgan fingerprint density at radius 2 is 1.86 bits per heavy atom. The van der Waals surface area contributed by atoms with Crippen LogP contribution >= 0.6 is 11.6 Å². The first kappa shape index (κ1) is 21.1. The number of carbonyl (C=O) groups is 2. The minimum atomic E-state index is -1.00. The number of benzene rings is 1. The highest BCUT2D eigenvalue weighted by atomic mass is 35.5. The van der Waals surface area contributed by atoms with E-state index < -0.39 is 11.6 Å². The summed E-state index contributed by atoms with van der Waals surface area (Å²) in [6.45, 7) is 1.93. The second kappa shape index (κ2) is 9.76. The molecule has 0 aliphatic carbocycles. The van der Waals surface area contributed by atoms with Gasteiger partial charge in [0, 0.05) is 36.8 Å². The summed E-state index contributed by atoms with van der Waals surface area (Å²) in [7, 11) is 0. The molecule has 1 aliphatic heterocycles. The normalized spacial score (nSPS) is 15.1. The molecule has 1 fully saturated rings. The van der Waals surface area contributed by atoms with Crippen molar-refractivity contribution in [3.63, 3.8) is 0 Å². The van der Waals surface area contributed by atoms with E-state index in [-0.39, 0.29) is 29.8 Å². The number of amides is 2. The van der Waals surface area contributed by atoms with Crippen molar-refractivity contribution in [3.05, 3.63) is 53.2 Å². The van der Waals surface area contributed by atoms with Crippen LogP contribution < -0.4 is 10.6 Å². The van der Waals surface area contributed by atoms with Gasteiger partial charge in [-0.3, -0.25) is 9.59 Å². The van der Waals surface area contributed by atoms with Crippen molar-refractivity contribution in [3.8, 4) is 0 Å². The van der Waals surface area contributed by atoms with E-state index in [0.717, 1.165) is 12.1 Å². The number of hydrogen-bond donors (Lipinski definition) is 2. The number of anilines is 2. The molecular weight excluding hydrogens is 402 g/mol. The number of halogens is 3. The topological polar surface area (TPSA) is 74.3 Å². The molecule has 1 aromatic carbocycles. The summed E-state index contributed by atoms with van der Waals surface area (Å²) in [4.78, 5) is 30.5. The van der Waals surface area contributed by atoms with Crippen LogP contribution in [0.4, 0.5) is 20.3 Å². The summed E-state index contributed by atoms with van der Waals surface area (Å²) in [6.07, 6.45) is 3.07. The van der Waals surface area contributed by atoms with E-state index in [9.17, 15) is 18.4 Å².